The van der Waals surface area contributed by atoms with Crippen molar-refractivity contribution in [3.63, 3.8) is 0 Å². The lowest BCUT2D eigenvalue weighted by atomic mass is 9.65. The Morgan fingerprint density at radius 1 is 1.22 bits per heavy atom. The molecule has 0 spiro atoms. The van der Waals surface area contributed by atoms with E-state index in [1.54, 1.807) is 32.0 Å². The number of halogens is 3. The molecule has 0 saturated carbocycles. The Morgan fingerprint density at radius 2 is 1.78 bits per heavy atom. The van der Waals surface area contributed by atoms with E-state index in [1.165, 1.54) is 6.07 Å². The molecule has 0 bridgehead atoms. The first-order chi connectivity index (χ1) is 8.09. The van der Waals surface area contributed by atoms with Gasteiger partial charge in [0.15, 0.2) is 5.60 Å². The number of hydrogen-bond acceptors (Lipinski definition) is 2. The summed E-state index contributed by atoms with van der Waals surface area (Å²) < 4.78 is 39.0. The number of rotatable bonds is 0. The summed E-state index contributed by atoms with van der Waals surface area (Å²) in [6, 6.07) is 6.39. The summed E-state index contributed by atoms with van der Waals surface area (Å²) in [5, 5.41) is 19.8. The van der Waals surface area contributed by atoms with Crippen LogP contribution in [0.4, 0.5) is 13.2 Å². The highest BCUT2D eigenvalue weighted by Crippen LogP contribution is 2.52. The standard InChI is InChI=1S/C13H15F3O2/c1-11(2)7-12(18,13(14,15)16)10(17)8-5-3-4-6-9(8)11/h3-6,10,17-18H,7H2,1-2H3. The van der Waals surface area contributed by atoms with E-state index in [4.69, 9.17) is 0 Å². The van der Waals surface area contributed by atoms with Crippen molar-refractivity contribution in [2.24, 2.45) is 0 Å². The largest absolute Gasteiger partial charge is 0.420 e. The molecule has 2 rings (SSSR count). The molecule has 2 atom stereocenters. The summed E-state index contributed by atoms with van der Waals surface area (Å²) in [5.41, 5.74) is -3.15. The van der Waals surface area contributed by atoms with Gasteiger partial charge in [0.1, 0.15) is 6.10 Å². The molecule has 0 saturated heterocycles. The van der Waals surface area contributed by atoms with E-state index >= 15 is 0 Å². The van der Waals surface area contributed by atoms with Crippen LogP contribution in [0, 0.1) is 0 Å². The lowest BCUT2D eigenvalue weighted by Crippen LogP contribution is -2.56. The van der Waals surface area contributed by atoms with Gasteiger partial charge in [0.05, 0.1) is 0 Å². The van der Waals surface area contributed by atoms with Crippen LogP contribution in [-0.4, -0.2) is 22.0 Å². The predicted molar refractivity (Wildman–Crippen MR) is 60.0 cm³/mol. The summed E-state index contributed by atoms with van der Waals surface area (Å²) in [6.45, 7) is 3.27. The van der Waals surface area contributed by atoms with Gasteiger partial charge in [-0.05, 0) is 23.0 Å². The van der Waals surface area contributed by atoms with Crippen molar-refractivity contribution in [1.82, 2.24) is 0 Å². The lowest BCUT2D eigenvalue weighted by Gasteiger charge is -2.46. The Labute approximate surface area is 103 Å². The van der Waals surface area contributed by atoms with Crippen LogP contribution >= 0.6 is 0 Å². The second-order valence-corrected chi connectivity index (χ2v) is 5.47. The fourth-order valence-corrected chi connectivity index (χ4v) is 2.73. The average molecular weight is 260 g/mol. The Morgan fingerprint density at radius 3 is 2.33 bits per heavy atom. The van der Waals surface area contributed by atoms with Crippen molar-refractivity contribution in [2.45, 2.75) is 43.6 Å². The SMILES string of the molecule is CC1(C)CC(O)(C(F)(F)F)C(O)c2ccccc21. The van der Waals surface area contributed by atoms with Crippen molar-refractivity contribution < 1.29 is 23.4 Å². The maximum absolute atomic E-state index is 13.0. The van der Waals surface area contributed by atoms with E-state index in [0.717, 1.165) is 0 Å². The quantitative estimate of drug-likeness (QED) is 0.753. The highest BCUT2D eigenvalue weighted by Gasteiger charge is 2.63. The molecule has 0 amide bonds. The second kappa shape index (κ2) is 3.71. The number of aliphatic hydroxyl groups is 2. The number of hydrogen-bond donors (Lipinski definition) is 2. The maximum atomic E-state index is 13.0. The van der Waals surface area contributed by atoms with E-state index in [-0.39, 0.29) is 5.56 Å². The molecule has 1 aromatic rings. The Hall–Kier alpha value is -1.07. The molecule has 5 heteroatoms. The highest BCUT2D eigenvalue weighted by atomic mass is 19.4. The van der Waals surface area contributed by atoms with Crippen molar-refractivity contribution in [3.8, 4) is 0 Å². The van der Waals surface area contributed by atoms with Gasteiger partial charge in [-0.1, -0.05) is 38.1 Å². The van der Waals surface area contributed by atoms with Gasteiger partial charge in [-0.25, -0.2) is 0 Å². The number of aliphatic hydroxyl groups excluding tert-OH is 1. The third-order valence-electron chi connectivity index (χ3n) is 3.64. The summed E-state index contributed by atoms with van der Waals surface area (Å²) in [4.78, 5) is 0. The Balaban J connectivity index is 2.62. The number of alkyl halides is 3. The summed E-state index contributed by atoms with van der Waals surface area (Å²) >= 11 is 0. The van der Waals surface area contributed by atoms with E-state index in [1.807, 2.05) is 0 Å². The molecule has 2 nitrogen and oxygen atoms in total. The third-order valence-corrected chi connectivity index (χ3v) is 3.64. The van der Waals surface area contributed by atoms with Crippen LogP contribution in [-0.2, 0) is 5.41 Å². The smallest absolute Gasteiger partial charge is 0.385 e. The summed E-state index contributed by atoms with van der Waals surface area (Å²) in [7, 11) is 0. The first kappa shape index (κ1) is 13.4. The Bertz CT molecular complexity index is 468. The lowest BCUT2D eigenvalue weighted by molar-refractivity contribution is -0.302. The van der Waals surface area contributed by atoms with Crippen LogP contribution < -0.4 is 0 Å². The van der Waals surface area contributed by atoms with E-state index in [2.05, 4.69) is 0 Å². The van der Waals surface area contributed by atoms with E-state index in [9.17, 15) is 23.4 Å². The number of fused-ring (bicyclic) bond motifs is 1. The van der Waals surface area contributed by atoms with Gasteiger partial charge in [-0.3, -0.25) is 0 Å². The molecule has 0 fully saturated rings. The van der Waals surface area contributed by atoms with Crippen LogP contribution in [0.1, 0.15) is 37.5 Å². The van der Waals surface area contributed by atoms with Gasteiger partial charge in [0.25, 0.3) is 0 Å². The molecule has 100 valence electrons. The fraction of sp³-hybridized carbons (Fsp3) is 0.538. The normalized spacial score (nSPS) is 30.9. The molecule has 1 aliphatic carbocycles. The van der Waals surface area contributed by atoms with Crippen LogP contribution in [0.25, 0.3) is 0 Å². The average Bonchev–Trinajstić information content (AvgIpc) is 2.24. The highest BCUT2D eigenvalue weighted by molar-refractivity contribution is 5.40. The van der Waals surface area contributed by atoms with Crippen molar-refractivity contribution in [2.75, 3.05) is 0 Å². The van der Waals surface area contributed by atoms with Crippen LogP contribution in [0.15, 0.2) is 24.3 Å². The zero-order valence-corrected chi connectivity index (χ0v) is 10.1. The van der Waals surface area contributed by atoms with Gasteiger partial charge in [-0.15, -0.1) is 0 Å². The molecule has 2 N–H and O–H groups in total. The third kappa shape index (κ3) is 1.73. The van der Waals surface area contributed by atoms with E-state index < -0.39 is 29.7 Å². The molecule has 0 aliphatic heterocycles. The maximum Gasteiger partial charge on any atom is 0.420 e. The summed E-state index contributed by atoms with van der Waals surface area (Å²) in [6.07, 6.45) is -7.36. The zero-order chi connectivity index (χ0) is 13.8. The molecular formula is C13H15F3O2. The minimum Gasteiger partial charge on any atom is -0.385 e. The molecule has 2 unspecified atom stereocenters. The van der Waals surface area contributed by atoms with Crippen molar-refractivity contribution in [1.29, 1.82) is 0 Å². The molecule has 1 aromatic carbocycles. The van der Waals surface area contributed by atoms with Gasteiger partial charge in [0, 0.05) is 0 Å². The van der Waals surface area contributed by atoms with Crippen molar-refractivity contribution >= 4 is 0 Å². The molecule has 0 heterocycles. The van der Waals surface area contributed by atoms with Gasteiger partial charge < -0.3 is 10.2 Å². The van der Waals surface area contributed by atoms with Gasteiger partial charge >= 0.3 is 6.18 Å². The van der Waals surface area contributed by atoms with Gasteiger partial charge in [-0.2, -0.15) is 13.2 Å². The first-order valence-corrected chi connectivity index (χ1v) is 5.66. The fourth-order valence-electron chi connectivity index (χ4n) is 2.73. The zero-order valence-electron chi connectivity index (χ0n) is 10.1. The Kier molecular flexibility index (Phi) is 2.76. The van der Waals surface area contributed by atoms with Crippen LogP contribution in [0.2, 0.25) is 0 Å². The second-order valence-electron chi connectivity index (χ2n) is 5.47. The molecule has 0 aromatic heterocycles. The minimum absolute atomic E-state index is 0.147. The molecular weight excluding hydrogens is 245 g/mol. The molecule has 0 radical (unpaired) electrons. The predicted octanol–water partition coefficient (Wildman–Crippen LogP) is 2.69. The van der Waals surface area contributed by atoms with Crippen molar-refractivity contribution in [3.05, 3.63) is 35.4 Å². The molecule has 18 heavy (non-hydrogen) atoms. The monoisotopic (exact) mass is 260 g/mol. The first-order valence-electron chi connectivity index (χ1n) is 5.66. The topological polar surface area (TPSA) is 40.5 Å². The molecule has 1 aliphatic rings. The van der Waals surface area contributed by atoms with Crippen LogP contribution in [0.5, 0.6) is 0 Å². The number of benzene rings is 1. The van der Waals surface area contributed by atoms with Crippen LogP contribution in [0.3, 0.4) is 0 Å². The minimum atomic E-state index is -4.86. The summed E-state index contributed by atoms with van der Waals surface area (Å²) in [5.74, 6) is 0. The van der Waals surface area contributed by atoms with E-state index in [0.29, 0.717) is 5.56 Å². The van der Waals surface area contributed by atoms with Gasteiger partial charge in [0.2, 0.25) is 0 Å².